The Morgan fingerprint density at radius 1 is 1.18 bits per heavy atom. The molecule has 1 aliphatic heterocycles. The molecule has 1 N–H and O–H groups in total. The number of allylic oxidation sites excluding steroid dienone is 1. The number of para-hydroxylation sites is 1. The molecule has 7 heteroatoms. The molecule has 0 spiro atoms. The lowest BCUT2D eigenvalue weighted by Crippen LogP contribution is -2.30. The highest BCUT2D eigenvalue weighted by atomic mass is 16.5. The van der Waals surface area contributed by atoms with Crippen LogP contribution in [0.1, 0.15) is 58.1 Å². The minimum atomic E-state index is -0.453. The van der Waals surface area contributed by atoms with E-state index in [1.54, 1.807) is 4.68 Å². The number of unbranched alkanes of at least 4 members (excludes halogenated alkanes) is 2. The molecule has 1 aromatic carbocycles. The van der Waals surface area contributed by atoms with Gasteiger partial charge in [-0.05, 0) is 25.8 Å². The Bertz CT molecular complexity index is 844. The van der Waals surface area contributed by atoms with Crippen LogP contribution in [0.25, 0.3) is 0 Å². The number of nitrogens with one attached hydrogen (secondary N) is 1. The molecule has 2 heterocycles. The molecule has 1 unspecified atom stereocenters. The maximum atomic E-state index is 12.9. The summed E-state index contributed by atoms with van der Waals surface area (Å²) in [6.45, 7) is 7.08. The maximum absolute atomic E-state index is 12.9. The van der Waals surface area contributed by atoms with Crippen LogP contribution >= 0.6 is 0 Å². The summed E-state index contributed by atoms with van der Waals surface area (Å²) in [6.07, 6.45) is 5.30. The summed E-state index contributed by atoms with van der Waals surface area (Å²) in [7, 11) is 0. The van der Waals surface area contributed by atoms with Gasteiger partial charge in [-0.3, -0.25) is 0 Å². The Morgan fingerprint density at radius 2 is 1.93 bits per heavy atom. The van der Waals surface area contributed by atoms with Gasteiger partial charge in [0.25, 0.3) is 0 Å². The number of aromatic nitrogens is 3. The first kappa shape index (κ1) is 19.9. The number of carbonyl (C=O) groups excluding carboxylic acids is 1. The zero-order valence-corrected chi connectivity index (χ0v) is 16.8. The third-order valence-corrected chi connectivity index (χ3v) is 4.71. The molecule has 0 radical (unpaired) electrons. The van der Waals surface area contributed by atoms with Crippen LogP contribution in [-0.4, -0.2) is 33.9 Å². The molecule has 0 saturated heterocycles. The van der Waals surface area contributed by atoms with Crippen LogP contribution in [-0.2, 0) is 9.53 Å². The van der Waals surface area contributed by atoms with Gasteiger partial charge in [-0.25, -0.2) is 9.48 Å². The predicted molar refractivity (Wildman–Crippen MR) is 107 cm³/mol. The van der Waals surface area contributed by atoms with Gasteiger partial charge in [0.2, 0.25) is 5.95 Å². The van der Waals surface area contributed by atoms with Crippen molar-refractivity contribution in [3.63, 3.8) is 0 Å². The van der Waals surface area contributed by atoms with E-state index in [0.29, 0.717) is 24.7 Å². The molecule has 1 atom stereocenters. The average Bonchev–Trinajstić information content (AvgIpc) is 3.15. The zero-order chi connectivity index (χ0) is 19.9. The van der Waals surface area contributed by atoms with Crippen LogP contribution in [0.3, 0.4) is 0 Å². The summed E-state index contributed by atoms with van der Waals surface area (Å²) < 4.78 is 13.3. The van der Waals surface area contributed by atoms with Crippen molar-refractivity contribution >= 4 is 11.9 Å². The number of anilines is 1. The van der Waals surface area contributed by atoms with Crippen LogP contribution < -0.4 is 10.1 Å². The van der Waals surface area contributed by atoms with E-state index in [2.05, 4.69) is 29.2 Å². The largest absolute Gasteiger partial charge is 0.493 e. The quantitative estimate of drug-likeness (QED) is 0.518. The van der Waals surface area contributed by atoms with E-state index < -0.39 is 6.04 Å². The number of hydrogen-bond acceptors (Lipinski definition) is 6. The van der Waals surface area contributed by atoms with Crippen molar-refractivity contribution in [2.45, 2.75) is 52.5 Å². The number of ether oxygens (including phenoxy) is 2. The van der Waals surface area contributed by atoms with Gasteiger partial charge in [0.05, 0.1) is 18.8 Å². The smallest absolute Gasteiger partial charge is 0.338 e. The Kier molecular flexibility index (Phi) is 6.68. The molecule has 2 aromatic rings. The number of hydrogen-bond donors (Lipinski definition) is 1. The number of nitrogens with zero attached hydrogens (tertiary/aromatic N) is 3. The molecule has 1 aromatic heterocycles. The molecule has 3 rings (SSSR count). The lowest BCUT2D eigenvalue weighted by molar-refractivity contribution is -0.139. The highest BCUT2D eigenvalue weighted by Crippen LogP contribution is 2.39. The molecule has 28 heavy (non-hydrogen) atoms. The average molecular weight is 384 g/mol. The summed E-state index contributed by atoms with van der Waals surface area (Å²) in [5.74, 6) is 1.000. The fraction of sp³-hybridized carbons (Fsp3) is 0.476. The SMILES string of the molecule is CCCCOC(=O)C1=C(C)Nc2ncnn2C1c1ccccc1OCCCC. The summed E-state index contributed by atoms with van der Waals surface area (Å²) in [5, 5.41) is 7.52. The van der Waals surface area contributed by atoms with E-state index in [1.165, 1.54) is 6.33 Å². The number of carbonyl (C=O) groups is 1. The van der Waals surface area contributed by atoms with Crippen molar-refractivity contribution in [3.8, 4) is 5.75 Å². The van der Waals surface area contributed by atoms with E-state index in [4.69, 9.17) is 9.47 Å². The lowest BCUT2D eigenvalue weighted by atomic mass is 9.95. The van der Waals surface area contributed by atoms with Crippen LogP contribution in [0.15, 0.2) is 41.9 Å². The Hall–Kier alpha value is -2.83. The van der Waals surface area contributed by atoms with Gasteiger partial charge in [0.15, 0.2) is 0 Å². The fourth-order valence-electron chi connectivity index (χ4n) is 3.19. The van der Waals surface area contributed by atoms with Gasteiger partial charge < -0.3 is 14.8 Å². The van der Waals surface area contributed by atoms with E-state index in [0.717, 1.165) is 42.7 Å². The van der Waals surface area contributed by atoms with Crippen LogP contribution in [0, 0.1) is 0 Å². The van der Waals surface area contributed by atoms with Crippen molar-refractivity contribution in [1.29, 1.82) is 0 Å². The summed E-state index contributed by atoms with van der Waals surface area (Å²) in [5.41, 5.74) is 2.12. The van der Waals surface area contributed by atoms with Gasteiger partial charge in [-0.15, -0.1) is 0 Å². The molecule has 0 saturated carbocycles. The molecule has 0 aliphatic carbocycles. The number of benzene rings is 1. The third kappa shape index (κ3) is 4.18. The second-order valence-corrected chi connectivity index (χ2v) is 6.82. The standard InChI is InChI=1S/C21H28N4O3/c1-4-6-12-27-17-11-9-8-10-16(17)19-18(20(26)28-13-7-5-2)15(3)24-21-22-14-23-25(19)21/h8-11,14,19H,4-7,12-13H2,1-3H3,(H,22,23,24). The summed E-state index contributed by atoms with van der Waals surface area (Å²) in [6, 6.07) is 7.32. The van der Waals surface area contributed by atoms with Crippen LogP contribution in [0.2, 0.25) is 0 Å². The Morgan fingerprint density at radius 3 is 2.71 bits per heavy atom. The van der Waals surface area contributed by atoms with Gasteiger partial charge in [-0.1, -0.05) is 44.9 Å². The normalized spacial score (nSPS) is 15.8. The summed E-state index contributed by atoms with van der Waals surface area (Å²) >= 11 is 0. The number of rotatable bonds is 9. The maximum Gasteiger partial charge on any atom is 0.338 e. The first-order chi connectivity index (χ1) is 13.7. The minimum absolute atomic E-state index is 0.340. The Balaban J connectivity index is 2.00. The van der Waals surface area contributed by atoms with Crippen molar-refractivity contribution < 1.29 is 14.3 Å². The number of fused-ring (bicyclic) bond motifs is 1. The van der Waals surface area contributed by atoms with E-state index in [-0.39, 0.29) is 5.97 Å². The molecule has 150 valence electrons. The first-order valence-electron chi connectivity index (χ1n) is 9.93. The second kappa shape index (κ2) is 9.39. The highest BCUT2D eigenvalue weighted by molar-refractivity contribution is 5.92. The van der Waals surface area contributed by atoms with Gasteiger partial charge in [0, 0.05) is 11.3 Å². The van der Waals surface area contributed by atoms with E-state index in [1.807, 2.05) is 31.2 Å². The fourth-order valence-corrected chi connectivity index (χ4v) is 3.19. The molecule has 0 bridgehead atoms. The van der Waals surface area contributed by atoms with Crippen LogP contribution in [0.4, 0.5) is 5.95 Å². The first-order valence-corrected chi connectivity index (χ1v) is 9.93. The van der Waals surface area contributed by atoms with Crippen LogP contribution in [0.5, 0.6) is 5.75 Å². The van der Waals surface area contributed by atoms with Crippen molar-refractivity contribution in [3.05, 3.63) is 47.4 Å². The predicted octanol–water partition coefficient (Wildman–Crippen LogP) is 4.09. The van der Waals surface area contributed by atoms with Gasteiger partial charge in [0.1, 0.15) is 18.1 Å². The second-order valence-electron chi connectivity index (χ2n) is 6.82. The minimum Gasteiger partial charge on any atom is -0.493 e. The van der Waals surface area contributed by atoms with Gasteiger partial charge in [-0.2, -0.15) is 10.1 Å². The van der Waals surface area contributed by atoms with Gasteiger partial charge >= 0.3 is 5.97 Å². The van der Waals surface area contributed by atoms with Crippen molar-refractivity contribution in [2.75, 3.05) is 18.5 Å². The third-order valence-electron chi connectivity index (χ3n) is 4.71. The molecular weight excluding hydrogens is 356 g/mol. The molecule has 0 fully saturated rings. The molecule has 1 aliphatic rings. The highest BCUT2D eigenvalue weighted by Gasteiger charge is 2.35. The monoisotopic (exact) mass is 384 g/mol. The Labute approximate surface area is 165 Å². The lowest BCUT2D eigenvalue weighted by Gasteiger charge is -2.29. The number of esters is 1. The topological polar surface area (TPSA) is 78.3 Å². The molecule has 7 nitrogen and oxygen atoms in total. The summed E-state index contributed by atoms with van der Waals surface area (Å²) in [4.78, 5) is 17.2. The van der Waals surface area contributed by atoms with E-state index in [9.17, 15) is 4.79 Å². The van der Waals surface area contributed by atoms with E-state index >= 15 is 0 Å². The molecule has 0 amide bonds. The van der Waals surface area contributed by atoms with Crippen molar-refractivity contribution in [1.82, 2.24) is 14.8 Å². The van der Waals surface area contributed by atoms with Crippen molar-refractivity contribution in [2.24, 2.45) is 0 Å². The molecular formula is C21H28N4O3. The zero-order valence-electron chi connectivity index (χ0n) is 16.8.